The van der Waals surface area contributed by atoms with Crippen LogP contribution in [0.15, 0.2) is 91.3 Å². The Kier molecular flexibility index (Phi) is 13.8. The number of hydrogen-bond acceptors (Lipinski definition) is 8. The monoisotopic (exact) mass is 718 g/mol. The number of halogens is 1. The Hall–Kier alpha value is -5.24. The van der Waals surface area contributed by atoms with Gasteiger partial charge in [0.1, 0.15) is 30.8 Å². The fourth-order valence-electron chi connectivity index (χ4n) is 5.98. The van der Waals surface area contributed by atoms with Gasteiger partial charge in [0, 0.05) is 55.6 Å². The molecule has 268 valence electrons. The molecule has 0 atom stereocenters. The van der Waals surface area contributed by atoms with Gasteiger partial charge < -0.3 is 30.3 Å². The van der Waals surface area contributed by atoms with Gasteiger partial charge in [-0.1, -0.05) is 72.3 Å². The first-order valence-corrected chi connectivity index (χ1v) is 17.6. The highest BCUT2D eigenvalue weighted by Gasteiger charge is 2.15. The largest absolute Gasteiger partial charge is 0.488 e. The number of pyridine rings is 1. The number of aliphatic hydroxyl groups is 1. The number of aliphatic carboxylic acids is 1. The minimum Gasteiger partial charge on any atom is -0.488 e. The first kappa shape index (κ1) is 38.0. The lowest BCUT2D eigenvalue weighted by Gasteiger charge is -2.18. The van der Waals surface area contributed by atoms with Gasteiger partial charge in [-0.05, 0) is 83.5 Å². The second kappa shape index (κ2) is 18.8. The molecule has 0 spiro atoms. The fourth-order valence-corrected chi connectivity index (χ4v) is 6.22. The van der Waals surface area contributed by atoms with Crippen LogP contribution in [-0.4, -0.2) is 40.9 Å². The maximum Gasteiger partial charge on any atom is 0.303 e. The summed E-state index contributed by atoms with van der Waals surface area (Å²) in [6, 6.07) is 28.5. The van der Waals surface area contributed by atoms with Gasteiger partial charge in [0.15, 0.2) is 0 Å². The van der Waals surface area contributed by atoms with Gasteiger partial charge in [-0.25, -0.2) is 0 Å². The van der Waals surface area contributed by atoms with Crippen molar-refractivity contribution in [3.05, 3.63) is 135 Å². The SMILES string of the molecule is Cc1c(COc2cc(OCc3cncc(C#N)c3)c(CNCCO)cc2Cl)cccc1-c1cccc(-c2ccc(CNCCCC(=O)O)cc2)c1C. The Morgan fingerprint density at radius 3 is 2.27 bits per heavy atom. The van der Waals surface area contributed by atoms with E-state index < -0.39 is 5.97 Å². The summed E-state index contributed by atoms with van der Waals surface area (Å²) in [5.74, 6) is 0.282. The van der Waals surface area contributed by atoms with Crippen molar-refractivity contribution < 1.29 is 24.5 Å². The van der Waals surface area contributed by atoms with Crippen molar-refractivity contribution in [3.8, 4) is 39.8 Å². The third-order valence-electron chi connectivity index (χ3n) is 8.83. The van der Waals surface area contributed by atoms with Crippen molar-refractivity contribution in [2.24, 2.45) is 0 Å². The second-order valence-corrected chi connectivity index (χ2v) is 12.9. The topological polar surface area (TPSA) is 137 Å². The molecule has 9 nitrogen and oxygen atoms in total. The van der Waals surface area contributed by atoms with E-state index >= 15 is 0 Å². The van der Waals surface area contributed by atoms with Gasteiger partial charge >= 0.3 is 5.97 Å². The summed E-state index contributed by atoms with van der Waals surface area (Å²) >= 11 is 6.73. The number of carboxylic acids is 1. The lowest BCUT2D eigenvalue weighted by atomic mass is 9.89. The zero-order valence-electron chi connectivity index (χ0n) is 29.4. The van der Waals surface area contributed by atoms with Crippen LogP contribution in [-0.2, 0) is 31.1 Å². The second-order valence-electron chi connectivity index (χ2n) is 12.5. The average molecular weight is 719 g/mol. The summed E-state index contributed by atoms with van der Waals surface area (Å²) in [5.41, 5.74) is 11.0. The number of hydrogen-bond donors (Lipinski definition) is 4. The molecule has 0 saturated carbocycles. The number of carboxylic acid groups (broad SMARTS) is 1. The van der Waals surface area contributed by atoms with Crippen LogP contribution in [0.1, 0.15) is 51.8 Å². The zero-order valence-corrected chi connectivity index (χ0v) is 30.2. The van der Waals surface area contributed by atoms with E-state index in [9.17, 15) is 15.2 Å². The molecule has 4 N–H and O–H groups in total. The summed E-state index contributed by atoms with van der Waals surface area (Å²) in [4.78, 5) is 14.9. The zero-order chi connectivity index (χ0) is 36.9. The highest BCUT2D eigenvalue weighted by atomic mass is 35.5. The van der Waals surface area contributed by atoms with Crippen LogP contribution in [0.5, 0.6) is 11.5 Å². The standard InChI is InChI=1S/C42H43ClN4O5/c1-28-34(27-52-41-20-40(35(19-39(41)43)25-46-16-17-48)51-26-32-18-31(21-44)23-47-24-32)6-3-8-37(28)38-9-4-7-36(29(38)2)33-13-11-30(12-14-33)22-45-15-5-10-42(49)50/h3-4,6-9,11-14,18-20,23-24,45-46,48H,5,10,15-17,22,25-27H2,1-2H3,(H,49,50). The van der Waals surface area contributed by atoms with E-state index in [1.165, 1.54) is 11.8 Å². The minimum atomic E-state index is -0.772. The Balaban J connectivity index is 1.31. The quantitative estimate of drug-likeness (QED) is 0.0671. The molecule has 10 heteroatoms. The van der Waals surface area contributed by atoms with Crippen molar-refractivity contribution in [1.82, 2.24) is 15.6 Å². The molecule has 5 rings (SSSR count). The molecule has 0 aliphatic heterocycles. The minimum absolute atomic E-state index is 0.00487. The van der Waals surface area contributed by atoms with E-state index in [2.05, 4.69) is 90.1 Å². The maximum absolute atomic E-state index is 10.7. The number of ether oxygens (including phenoxy) is 2. The lowest BCUT2D eigenvalue weighted by molar-refractivity contribution is -0.137. The lowest BCUT2D eigenvalue weighted by Crippen LogP contribution is -2.18. The average Bonchev–Trinajstić information content (AvgIpc) is 3.15. The molecule has 0 amide bonds. The predicted octanol–water partition coefficient (Wildman–Crippen LogP) is 7.75. The molecular formula is C42H43ClN4O5. The Bertz CT molecular complexity index is 2030. The molecule has 1 aromatic heterocycles. The first-order valence-electron chi connectivity index (χ1n) is 17.2. The molecule has 0 fully saturated rings. The van der Waals surface area contributed by atoms with Crippen molar-refractivity contribution >= 4 is 17.6 Å². The van der Waals surface area contributed by atoms with Crippen LogP contribution in [0.25, 0.3) is 22.3 Å². The number of nitrogens with one attached hydrogen (secondary N) is 2. The number of benzene rings is 4. The van der Waals surface area contributed by atoms with Gasteiger partial charge in [-0.2, -0.15) is 5.26 Å². The van der Waals surface area contributed by atoms with Gasteiger partial charge in [-0.3, -0.25) is 9.78 Å². The molecule has 0 radical (unpaired) electrons. The highest BCUT2D eigenvalue weighted by molar-refractivity contribution is 6.32. The first-order chi connectivity index (χ1) is 25.3. The van der Waals surface area contributed by atoms with Crippen LogP contribution in [0.2, 0.25) is 5.02 Å². The number of rotatable bonds is 18. The third kappa shape index (κ3) is 10.2. The molecule has 0 aliphatic rings. The Labute approximate surface area is 309 Å². The summed E-state index contributed by atoms with van der Waals surface area (Å²) in [6.07, 6.45) is 3.94. The molecule has 5 aromatic rings. The fraction of sp³-hybridized carbons (Fsp3) is 0.262. The molecule has 0 saturated heterocycles. The number of nitriles is 1. The number of nitrogens with zero attached hydrogens (tertiary/aromatic N) is 2. The van der Waals surface area contributed by atoms with Crippen LogP contribution >= 0.6 is 11.6 Å². The van der Waals surface area contributed by atoms with Crippen molar-refractivity contribution in [1.29, 1.82) is 5.26 Å². The maximum atomic E-state index is 10.7. The third-order valence-corrected chi connectivity index (χ3v) is 9.12. The van der Waals surface area contributed by atoms with Gasteiger partial charge in [0.2, 0.25) is 0 Å². The van der Waals surface area contributed by atoms with E-state index in [1.807, 2.05) is 12.1 Å². The number of aliphatic hydroxyl groups excluding tert-OH is 1. The molecule has 1 heterocycles. The number of carbonyl (C=O) groups is 1. The summed E-state index contributed by atoms with van der Waals surface area (Å²) in [5, 5.41) is 34.3. The smallest absolute Gasteiger partial charge is 0.303 e. The van der Waals surface area contributed by atoms with E-state index in [-0.39, 0.29) is 19.6 Å². The summed E-state index contributed by atoms with van der Waals surface area (Å²) in [6.45, 7) is 6.96. The van der Waals surface area contributed by atoms with Gasteiger partial charge in [0.25, 0.3) is 0 Å². The van der Waals surface area contributed by atoms with Crippen molar-refractivity contribution in [2.75, 3.05) is 19.7 Å². The molecular weight excluding hydrogens is 676 g/mol. The van der Waals surface area contributed by atoms with Crippen molar-refractivity contribution in [3.63, 3.8) is 0 Å². The van der Waals surface area contributed by atoms with Crippen molar-refractivity contribution in [2.45, 2.75) is 53.0 Å². The Morgan fingerprint density at radius 1 is 0.808 bits per heavy atom. The summed E-state index contributed by atoms with van der Waals surface area (Å²) < 4.78 is 12.5. The molecule has 0 bridgehead atoms. The van der Waals surface area contributed by atoms with E-state index in [1.54, 1.807) is 18.3 Å². The molecule has 0 aliphatic carbocycles. The molecule has 52 heavy (non-hydrogen) atoms. The summed E-state index contributed by atoms with van der Waals surface area (Å²) in [7, 11) is 0. The van der Waals surface area contributed by atoms with E-state index in [4.69, 9.17) is 26.2 Å². The molecule has 0 unspecified atom stereocenters. The highest BCUT2D eigenvalue weighted by Crippen LogP contribution is 2.37. The van der Waals surface area contributed by atoms with E-state index in [0.717, 1.165) is 50.1 Å². The predicted molar refractivity (Wildman–Crippen MR) is 203 cm³/mol. The van der Waals surface area contributed by atoms with Gasteiger partial charge in [-0.15, -0.1) is 0 Å². The van der Waals surface area contributed by atoms with E-state index in [0.29, 0.717) is 61.3 Å². The molecule has 4 aromatic carbocycles. The normalized spacial score (nSPS) is 10.9. The number of aromatic nitrogens is 1. The Morgan fingerprint density at radius 2 is 1.52 bits per heavy atom. The van der Waals surface area contributed by atoms with Gasteiger partial charge in [0.05, 0.1) is 17.2 Å². The van der Waals surface area contributed by atoms with Crippen LogP contribution in [0.4, 0.5) is 0 Å². The van der Waals surface area contributed by atoms with Crippen LogP contribution in [0.3, 0.4) is 0 Å². The van der Waals surface area contributed by atoms with Crippen LogP contribution < -0.4 is 20.1 Å². The van der Waals surface area contributed by atoms with Crippen LogP contribution in [0, 0.1) is 25.2 Å².